The normalized spacial score (nSPS) is 12.2. The molecular formula is C16H21N3O5. The van der Waals surface area contributed by atoms with Crippen molar-refractivity contribution in [2.24, 2.45) is 0 Å². The fourth-order valence-corrected chi connectivity index (χ4v) is 2.42. The van der Waals surface area contributed by atoms with Crippen LogP contribution >= 0.6 is 0 Å². The highest BCUT2D eigenvalue weighted by molar-refractivity contribution is 5.39. The molecule has 0 spiro atoms. The fourth-order valence-electron chi connectivity index (χ4n) is 2.42. The van der Waals surface area contributed by atoms with Gasteiger partial charge in [-0.05, 0) is 31.5 Å². The number of nitro groups is 1. The fraction of sp³-hybridized carbons (Fsp3) is 0.438. The lowest BCUT2D eigenvalue weighted by Crippen LogP contribution is -2.23. The summed E-state index contributed by atoms with van der Waals surface area (Å²) in [6.45, 7) is 3.80. The van der Waals surface area contributed by atoms with Gasteiger partial charge < -0.3 is 14.6 Å². The Bertz CT molecular complexity index is 696. The molecule has 0 aliphatic heterocycles. The summed E-state index contributed by atoms with van der Waals surface area (Å²) in [4.78, 5) is 10.5. The van der Waals surface area contributed by atoms with Gasteiger partial charge in [0.1, 0.15) is 17.1 Å². The topological polar surface area (TPSA) is 99.7 Å². The zero-order valence-corrected chi connectivity index (χ0v) is 13.9. The highest BCUT2D eigenvalue weighted by atomic mass is 16.6. The third-order valence-corrected chi connectivity index (χ3v) is 3.65. The van der Waals surface area contributed by atoms with Gasteiger partial charge in [-0.3, -0.25) is 14.8 Å². The van der Waals surface area contributed by atoms with E-state index in [0.29, 0.717) is 18.0 Å². The Hall–Kier alpha value is -2.45. The van der Waals surface area contributed by atoms with Crippen molar-refractivity contribution in [3.05, 3.63) is 51.3 Å². The summed E-state index contributed by atoms with van der Waals surface area (Å²) < 4.78 is 12.0. The molecule has 1 heterocycles. The molecule has 1 aromatic heterocycles. The molecule has 1 atom stereocenters. The van der Waals surface area contributed by atoms with E-state index >= 15 is 0 Å². The number of aliphatic hydroxyl groups is 1. The number of methoxy groups -OCH3 is 1. The second-order valence-corrected chi connectivity index (χ2v) is 5.48. The summed E-state index contributed by atoms with van der Waals surface area (Å²) in [5.41, 5.74) is 1.71. The maximum atomic E-state index is 11.0. The lowest BCUT2D eigenvalue weighted by molar-refractivity contribution is -0.386. The first-order valence-electron chi connectivity index (χ1n) is 7.49. The molecule has 1 unspecified atom stereocenters. The molecule has 0 saturated heterocycles. The van der Waals surface area contributed by atoms with Gasteiger partial charge in [0.05, 0.1) is 37.9 Å². The van der Waals surface area contributed by atoms with E-state index in [2.05, 4.69) is 5.10 Å². The monoisotopic (exact) mass is 335 g/mol. The predicted octanol–water partition coefficient (Wildman–Crippen LogP) is 1.99. The number of nitrogens with zero attached hydrogens (tertiary/aromatic N) is 3. The Balaban J connectivity index is 1.86. The van der Waals surface area contributed by atoms with Crippen molar-refractivity contribution in [1.29, 1.82) is 0 Å². The maximum Gasteiger partial charge on any atom is 0.312 e. The second kappa shape index (κ2) is 7.89. The predicted molar refractivity (Wildman–Crippen MR) is 87.0 cm³/mol. The summed E-state index contributed by atoms with van der Waals surface area (Å²) in [7, 11) is 1.60. The molecule has 0 aliphatic rings. The summed E-state index contributed by atoms with van der Waals surface area (Å²) in [5.74, 6) is 0.768. The van der Waals surface area contributed by atoms with Crippen LogP contribution in [0.4, 0.5) is 5.69 Å². The standard InChI is InChI=1S/C16H21N3O5/c1-11-16(19(21)22)12(2)18(17-11)8-14(20)10-24-9-13-4-6-15(23-3)7-5-13/h4-7,14,20H,8-10H2,1-3H3. The average Bonchev–Trinajstić information content (AvgIpc) is 2.82. The molecule has 0 amide bonds. The molecule has 8 heteroatoms. The van der Waals surface area contributed by atoms with Crippen LogP contribution in [-0.2, 0) is 17.9 Å². The van der Waals surface area contributed by atoms with Gasteiger partial charge in [-0.2, -0.15) is 5.10 Å². The van der Waals surface area contributed by atoms with E-state index in [1.807, 2.05) is 24.3 Å². The maximum absolute atomic E-state index is 11.0. The average molecular weight is 335 g/mol. The number of aliphatic hydroxyl groups excluding tert-OH is 1. The van der Waals surface area contributed by atoms with Crippen molar-refractivity contribution in [3.63, 3.8) is 0 Å². The van der Waals surface area contributed by atoms with Crippen LogP contribution < -0.4 is 4.74 Å². The van der Waals surface area contributed by atoms with Crippen molar-refractivity contribution in [3.8, 4) is 5.75 Å². The van der Waals surface area contributed by atoms with Gasteiger partial charge in [-0.15, -0.1) is 0 Å². The third-order valence-electron chi connectivity index (χ3n) is 3.65. The highest BCUT2D eigenvalue weighted by Gasteiger charge is 2.22. The first-order valence-corrected chi connectivity index (χ1v) is 7.49. The minimum Gasteiger partial charge on any atom is -0.497 e. The van der Waals surface area contributed by atoms with Crippen LogP contribution in [0.5, 0.6) is 5.75 Å². The zero-order valence-electron chi connectivity index (χ0n) is 13.9. The molecule has 0 saturated carbocycles. The number of benzene rings is 1. The third kappa shape index (κ3) is 4.30. The van der Waals surface area contributed by atoms with Gasteiger partial charge in [0.2, 0.25) is 0 Å². The highest BCUT2D eigenvalue weighted by Crippen LogP contribution is 2.22. The Morgan fingerprint density at radius 2 is 2.00 bits per heavy atom. The lowest BCUT2D eigenvalue weighted by Gasteiger charge is -2.12. The summed E-state index contributed by atoms with van der Waals surface area (Å²) >= 11 is 0. The van der Waals surface area contributed by atoms with E-state index in [-0.39, 0.29) is 18.8 Å². The smallest absolute Gasteiger partial charge is 0.312 e. The molecule has 0 bridgehead atoms. The number of rotatable bonds is 8. The van der Waals surface area contributed by atoms with Gasteiger partial charge in [-0.25, -0.2) is 0 Å². The summed E-state index contributed by atoms with van der Waals surface area (Å²) in [6.07, 6.45) is -0.805. The van der Waals surface area contributed by atoms with Gasteiger partial charge in [-0.1, -0.05) is 12.1 Å². The Labute approximate surface area is 139 Å². The van der Waals surface area contributed by atoms with E-state index < -0.39 is 11.0 Å². The molecular weight excluding hydrogens is 314 g/mol. The van der Waals surface area contributed by atoms with Gasteiger partial charge in [0, 0.05) is 0 Å². The number of hydrogen-bond acceptors (Lipinski definition) is 6. The van der Waals surface area contributed by atoms with Gasteiger partial charge in [0.25, 0.3) is 0 Å². The van der Waals surface area contributed by atoms with E-state index in [1.54, 1.807) is 21.0 Å². The molecule has 1 aromatic carbocycles. The van der Waals surface area contributed by atoms with Gasteiger partial charge in [0.15, 0.2) is 0 Å². The zero-order chi connectivity index (χ0) is 17.7. The molecule has 0 radical (unpaired) electrons. The van der Waals surface area contributed by atoms with Crippen LogP contribution in [0.2, 0.25) is 0 Å². The minimum absolute atomic E-state index is 0.0126. The molecule has 0 aliphatic carbocycles. The molecule has 2 aromatic rings. The summed E-state index contributed by atoms with van der Waals surface area (Å²) in [6, 6.07) is 7.44. The summed E-state index contributed by atoms with van der Waals surface area (Å²) in [5, 5.41) is 25.1. The second-order valence-electron chi connectivity index (χ2n) is 5.48. The van der Waals surface area contributed by atoms with E-state index in [4.69, 9.17) is 9.47 Å². The molecule has 1 N–H and O–H groups in total. The van der Waals surface area contributed by atoms with Crippen LogP contribution in [0.3, 0.4) is 0 Å². The van der Waals surface area contributed by atoms with E-state index in [0.717, 1.165) is 11.3 Å². The molecule has 2 rings (SSSR count). The molecule has 0 fully saturated rings. The van der Waals surface area contributed by atoms with Crippen molar-refractivity contribution < 1.29 is 19.5 Å². The molecule has 24 heavy (non-hydrogen) atoms. The number of aryl methyl sites for hydroxylation is 1. The number of hydrogen-bond donors (Lipinski definition) is 1. The Morgan fingerprint density at radius 3 is 2.54 bits per heavy atom. The number of ether oxygens (including phenoxy) is 2. The van der Waals surface area contributed by atoms with Gasteiger partial charge >= 0.3 is 5.69 Å². The van der Waals surface area contributed by atoms with Crippen molar-refractivity contribution in [1.82, 2.24) is 9.78 Å². The minimum atomic E-state index is -0.805. The SMILES string of the molecule is COc1ccc(COCC(O)Cn2nc(C)c([N+](=O)[O-])c2C)cc1. The Kier molecular flexibility index (Phi) is 5.88. The lowest BCUT2D eigenvalue weighted by atomic mass is 10.2. The number of aromatic nitrogens is 2. The van der Waals surface area contributed by atoms with E-state index in [9.17, 15) is 15.2 Å². The van der Waals surface area contributed by atoms with Crippen molar-refractivity contribution in [2.75, 3.05) is 13.7 Å². The van der Waals surface area contributed by atoms with Crippen LogP contribution in [0.15, 0.2) is 24.3 Å². The molecule has 8 nitrogen and oxygen atoms in total. The first kappa shape index (κ1) is 17.9. The van der Waals surface area contributed by atoms with Crippen LogP contribution in [0.25, 0.3) is 0 Å². The van der Waals surface area contributed by atoms with Crippen LogP contribution in [0, 0.1) is 24.0 Å². The van der Waals surface area contributed by atoms with E-state index in [1.165, 1.54) is 4.68 Å². The Morgan fingerprint density at radius 1 is 1.33 bits per heavy atom. The van der Waals surface area contributed by atoms with Crippen LogP contribution in [0.1, 0.15) is 17.0 Å². The van der Waals surface area contributed by atoms with Crippen molar-refractivity contribution in [2.45, 2.75) is 33.1 Å². The first-order chi connectivity index (χ1) is 11.4. The largest absolute Gasteiger partial charge is 0.497 e. The van der Waals surface area contributed by atoms with Crippen LogP contribution in [-0.4, -0.2) is 39.6 Å². The van der Waals surface area contributed by atoms with Crippen molar-refractivity contribution >= 4 is 5.69 Å². The quantitative estimate of drug-likeness (QED) is 0.585. The molecule has 130 valence electrons.